The molecule has 1 heterocycles. The summed E-state index contributed by atoms with van der Waals surface area (Å²) in [5.41, 5.74) is 1.62. The molecule has 7 heteroatoms. The molecule has 0 aliphatic carbocycles. The maximum absolute atomic E-state index is 12.8. The van der Waals surface area contributed by atoms with Gasteiger partial charge in [-0.1, -0.05) is 29.3 Å². The summed E-state index contributed by atoms with van der Waals surface area (Å²) >= 11 is 5.87. The predicted molar refractivity (Wildman–Crippen MR) is 93.1 cm³/mol. The summed E-state index contributed by atoms with van der Waals surface area (Å²) in [7, 11) is -2.20. The molecule has 24 heavy (non-hydrogen) atoms. The zero-order valence-electron chi connectivity index (χ0n) is 13.1. The molecule has 0 fully saturated rings. The molecule has 0 amide bonds. The van der Waals surface area contributed by atoms with Crippen LogP contribution < -0.4 is 5.32 Å². The zero-order valence-corrected chi connectivity index (χ0v) is 14.6. The molecule has 124 valence electrons. The highest BCUT2D eigenvalue weighted by Crippen LogP contribution is 2.32. The van der Waals surface area contributed by atoms with Crippen LogP contribution in [-0.2, 0) is 9.84 Å². The first-order chi connectivity index (χ1) is 11.4. The Morgan fingerprint density at radius 3 is 2.25 bits per heavy atom. The average molecular weight is 363 g/mol. The van der Waals surface area contributed by atoms with Gasteiger partial charge in [0.2, 0.25) is 26.6 Å². The maximum atomic E-state index is 12.8. The first-order valence-corrected chi connectivity index (χ1v) is 9.04. The molecule has 1 N–H and O–H groups in total. The third kappa shape index (κ3) is 3.02. The van der Waals surface area contributed by atoms with E-state index in [-0.39, 0.29) is 21.7 Å². The van der Waals surface area contributed by atoms with E-state index in [9.17, 15) is 8.42 Å². The topological polar surface area (TPSA) is 72.2 Å². The monoisotopic (exact) mass is 362 g/mol. The molecule has 2 aromatic carbocycles. The van der Waals surface area contributed by atoms with Crippen molar-refractivity contribution in [1.82, 2.24) is 4.98 Å². The minimum Gasteiger partial charge on any atom is -0.419 e. The van der Waals surface area contributed by atoms with E-state index in [1.807, 2.05) is 6.92 Å². The highest BCUT2D eigenvalue weighted by Gasteiger charge is 2.27. The van der Waals surface area contributed by atoms with Gasteiger partial charge < -0.3 is 9.73 Å². The van der Waals surface area contributed by atoms with E-state index in [2.05, 4.69) is 10.3 Å². The van der Waals surface area contributed by atoms with E-state index >= 15 is 0 Å². The highest BCUT2D eigenvalue weighted by atomic mass is 35.5. The zero-order chi connectivity index (χ0) is 17.3. The SMILES string of the molecule is CNc1oc(-c2ccc(Cl)cc2)nc1S(=O)(=O)c1ccc(C)cc1. The van der Waals surface area contributed by atoms with Gasteiger partial charge in [0.25, 0.3) is 0 Å². The lowest BCUT2D eigenvalue weighted by molar-refractivity contribution is 0.580. The Hall–Kier alpha value is -2.31. The van der Waals surface area contributed by atoms with Crippen LogP contribution in [0.1, 0.15) is 5.56 Å². The van der Waals surface area contributed by atoms with Gasteiger partial charge in [-0.2, -0.15) is 4.98 Å². The van der Waals surface area contributed by atoms with E-state index in [4.69, 9.17) is 16.0 Å². The molecule has 0 atom stereocenters. The smallest absolute Gasteiger partial charge is 0.233 e. The molecule has 3 aromatic rings. The summed E-state index contributed by atoms with van der Waals surface area (Å²) in [5, 5.41) is 3.19. The van der Waals surface area contributed by atoms with Crippen molar-refractivity contribution in [1.29, 1.82) is 0 Å². The number of anilines is 1. The van der Waals surface area contributed by atoms with Gasteiger partial charge in [0.1, 0.15) is 0 Å². The number of halogens is 1. The summed E-state index contributed by atoms with van der Waals surface area (Å²) in [5.74, 6) is 0.308. The van der Waals surface area contributed by atoms with Crippen LogP contribution in [0.2, 0.25) is 5.02 Å². The lowest BCUT2D eigenvalue weighted by Gasteiger charge is -2.03. The van der Waals surface area contributed by atoms with E-state index in [0.29, 0.717) is 10.6 Å². The normalized spacial score (nSPS) is 11.5. The van der Waals surface area contributed by atoms with Gasteiger partial charge in [-0.3, -0.25) is 0 Å². The van der Waals surface area contributed by atoms with Crippen LogP contribution in [0.15, 0.2) is 62.9 Å². The molecule has 0 aliphatic rings. The summed E-state index contributed by atoms with van der Waals surface area (Å²) < 4.78 is 31.3. The second-order valence-electron chi connectivity index (χ2n) is 5.23. The summed E-state index contributed by atoms with van der Waals surface area (Å²) in [6.07, 6.45) is 0. The molecule has 0 bridgehead atoms. The fourth-order valence-corrected chi connectivity index (χ4v) is 3.63. The predicted octanol–water partition coefficient (Wildman–Crippen LogP) is 4.18. The van der Waals surface area contributed by atoms with Gasteiger partial charge in [0.15, 0.2) is 0 Å². The summed E-state index contributed by atoms with van der Waals surface area (Å²) in [4.78, 5) is 4.36. The number of hydrogen-bond donors (Lipinski definition) is 1. The van der Waals surface area contributed by atoms with Crippen molar-refractivity contribution < 1.29 is 12.8 Å². The molecular formula is C17H15ClN2O3S. The Labute approximate surface area is 145 Å². The number of hydrogen-bond acceptors (Lipinski definition) is 5. The van der Waals surface area contributed by atoms with Crippen molar-refractivity contribution in [2.75, 3.05) is 12.4 Å². The van der Waals surface area contributed by atoms with Crippen molar-refractivity contribution in [3.8, 4) is 11.5 Å². The Kier molecular flexibility index (Phi) is 4.34. The largest absolute Gasteiger partial charge is 0.419 e. The van der Waals surface area contributed by atoms with Crippen LogP contribution in [-0.4, -0.2) is 20.4 Å². The van der Waals surface area contributed by atoms with E-state index in [0.717, 1.165) is 5.56 Å². The number of aryl methyl sites for hydroxylation is 1. The Bertz CT molecular complexity index is 962. The molecule has 0 saturated heterocycles. The second kappa shape index (κ2) is 6.30. The maximum Gasteiger partial charge on any atom is 0.233 e. The molecule has 0 aliphatic heterocycles. The first kappa shape index (κ1) is 16.5. The second-order valence-corrected chi connectivity index (χ2v) is 7.53. The molecule has 3 rings (SSSR count). The van der Waals surface area contributed by atoms with Crippen molar-refractivity contribution in [2.45, 2.75) is 16.8 Å². The number of nitrogens with zero attached hydrogens (tertiary/aromatic N) is 1. The lowest BCUT2D eigenvalue weighted by atomic mass is 10.2. The summed E-state index contributed by atoms with van der Waals surface area (Å²) in [6.45, 7) is 1.89. The van der Waals surface area contributed by atoms with Crippen LogP contribution in [0, 0.1) is 6.92 Å². The average Bonchev–Trinajstić information content (AvgIpc) is 3.01. The standard InChI is InChI=1S/C17H15ClN2O3S/c1-11-3-9-14(10-4-11)24(21,22)17-16(19-2)23-15(20-17)12-5-7-13(18)8-6-12/h3-10,19H,1-2H3. The molecule has 0 radical (unpaired) electrons. The van der Waals surface area contributed by atoms with Crippen molar-refractivity contribution in [2.24, 2.45) is 0 Å². The van der Waals surface area contributed by atoms with E-state index in [1.54, 1.807) is 55.6 Å². The highest BCUT2D eigenvalue weighted by molar-refractivity contribution is 7.91. The Balaban J connectivity index is 2.10. The minimum absolute atomic E-state index is 0.0977. The van der Waals surface area contributed by atoms with Gasteiger partial charge >= 0.3 is 0 Å². The molecular weight excluding hydrogens is 348 g/mol. The lowest BCUT2D eigenvalue weighted by Crippen LogP contribution is -2.05. The molecule has 1 aromatic heterocycles. The molecule has 5 nitrogen and oxygen atoms in total. The minimum atomic E-state index is -3.79. The first-order valence-electron chi connectivity index (χ1n) is 7.18. The molecule has 0 saturated carbocycles. The van der Waals surface area contributed by atoms with Crippen molar-refractivity contribution >= 4 is 27.3 Å². The third-order valence-electron chi connectivity index (χ3n) is 3.50. The number of rotatable bonds is 4. The molecule has 0 unspecified atom stereocenters. The van der Waals surface area contributed by atoms with Gasteiger partial charge in [-0.05, 0) is 43.3 Å². The van der Waals surface area contributed by atoms with Crippen LogP contribution in [0.25, 0.3) is 11.5 Å². The van der Waals surface area contributed by atoms with Gasteiger partial charge in [-0.25, -0.2) is 8.42 Å². The van der Waals surface area contributed by atoms with Gasteiger partial charge in [-0.15, -0.1) is 0 Å². The third-order valence-corrected chi connectivity index (χ3v) is 5.43. The van der Waals surface area contributed by atoms with Gasteiger partial charge in [0.05, 0.1) is 4.90 Å². The number of sulfone groups is 1. The Morgan fingerprint density at radius 2 is 1.67 bits per heavy atom. The quantitative estimate of drug-likeness (QED) is 0.753. The fraction of sp³-hybridized carbons (Fsp3) is 0.118. The van der Waals surface area contributed by atoms with Crippen molar-refractivity contribution in [3.63, 3.8) is 0 Å². The fourth-order valence-electron chi connectivity index (χ4n) is 2.19. The van der Waals surface area contributed by atoms with E-state index in [1.165, 1.54) is 0 Å². The van der Waals surface area contributed by atoms with Crippen LogP contribution in [0.5, 0.6) is 0 Å². The number of aromatic nitrogens is 1. The van der Waals surface area contributed by atoms with Crippen LogP contribution in [0.3, 0.4) is 0 Å². The van der Waals surface area contributed by atoms with Gasteiger partial charge in [0, 0.05) is 17.6 Å². The summed E-state index contributed by atoms with van der Waals surface area (Å²) in [6, 6.07) is 13.4. The van der Waals surface area contributed by atoms with E-state index < -0.39 is 9.84 Å². The number of nitrogens with one attached hydrogen (secondary N) is 1. The van der Waals surface area contributed by atoms with Crippen molar-refractivity contribution in [3.05, 3.63) is 59.1 Å². The van der Waals surface area contributed by atoms with Crippen LogP contribution in [0.4, 0.5) is 5.88 Å². The molecule has 0 spiro atoms. The Morgan fingerprint density at radius 1 is 1.04 bits per heavy atom. The van der Waals surface area contributed by atoms with Crippen LogP contribution >= 0.6 is 11.6 Å². The number of oxazole rings is 1. The number of benzene rings is 2.